The summed E-state index contributed by atoms with van der Waals surface area (Å²) in [5.74, 6) is -1.29. The molecule has 1 amide bonds. The molecular formula is C17H12N4O6. The molecule has 0 saturated carbocycles. The van der Waals surface area contributed by atoms with E-state index in [0.717, 1.165) is 17.2 Å². The Morgan fingerprint density at radius 2 is 1.78 bits per heavy atom. The minimum atomic E-state index is -0.933. The van der Waals surface area contributed by atoms with E-state index in [-0.39, 0.29) is 11.1 Å². The average Bonchev–Trinajstić information content (AvgIpc) is 2.91. The molecular weight excluding hydrogens is 356 g/mol. The molecule has 0 aromatic heterocycles. The average molecular weight is 368 g/mol. The number of carbonyl (C=O) groups is 1. The number of phenols is 1. The number of nitro benzene ring substituents is 2. The SMILES string of the molecule is CC1=NN(c2ccccc2)C(=O)/C1=C\c1cc([N+](=O)[O-])cc([N+](=O)[O-])c1O. The Labute approximate surface area is 152 Å². The number of phenolic OH excluding ortho intramolecular Hbond substituents is 1. The summed E-state index contributed by atoms with van der Waals surface area (Å²) in [6.07, 6.45) is 1.15. The predicted molar refractivity (Wildman–Crippen MR) is 96.4 cm³/mol. The van der Waals surface area contributed by atoms with E-state index >= 15 is 0 Å². The molecule has 10 heteroatoms. The molecule has 2 aromatic carbocycles. The Morgan fingerprint density at radius 3 is 2.37 bits per heavy atom. The van der Waals surface area contributed by atoms with Crippen LogP contribution in [0, 0.1) is 20.2 Å². The van der Waals surface area contributed by atoms with Crippen LogP contribution in [0.25, 0.3) is 6.08 Å². The van der Waals surface area contributed by atoms with Crippen LogP contribution in [0.4, 0.5) is 17.1 Å². The van der Waals surface area contributed by atoms with Crippen LogP contribution in [0.3, 0.4) is 0 Å². The highest BCUT2D eigenvalue weighted by atomic mass is 16.6. The smallest absolute Gasteiger partial charge is 0.318 e. The number of carbonyl (C=O) groups excluding carboxylic acids is 1. The molecule has 1 aliphatic rings. The second-order valence-electron chi connectivity index (χ2n) is 5.61. The molecule has 27 heavy (non-hydrogen) atoms. The third-order valence-corrected chi connectivity index (χ3v) is 3.87. The van der Waals surface area contributed by atoms with Crippen molar-refractivity contribution in [3.63, 3.8) is 0 Å². The number of nitrogens with zero attached hydrogens (tertiary/aromatic N) is 4. The fourth-order valence-corrected chi connectivity index (χ4v) is 2.56. The fourth-order valence-electron chi connectivity index (χ4n) is 2.56. The van der Waals surface area contributed by atoms with E-state index in [4.69, 9.17) is 0 Å². The van der Waals surface area contributed by atoms with Crippen molar-refractivity contribution in [2.75, 3.05) is 5.01 Å². The first kappa shape index (κ1) is 17.7. The monoisotopic (exact) mass is 368 g/mol. The highest BCUT2D eigenvalue weighted by Gasteiger charge is 2.30. The lowest BCUT2D eigenvalue weighted by Crippen LogP contribution is -2.21. The van der Waals surface area contributed by atoms with E-state index in [1.807, 2.05) is 0 Å². The van der Waals surface area contributed by atoms with Crippen LogP contribution >= 0.6 is 0 Å². The van der Waals surface area contributed by atoms with Crippen molar-refractivity contribution >= 4 is 34.8 Å². The lowest BCUT2D eigenvalue weighted by Gasteiger charge is -2.11. The number of amides is 1. The number of benzene rings is 2. The van der Waals surface area contributed by atoms with Gasteiger partial charge in [0.15, 0.2) is 0 Å². The second-order valence-corrected chi connectivity index (χ2v) is 5.61. The van der Waals surface area contributed by atoms with Gasteiger partial charge in [-0.2, -0.15) is 10.1 Å². The van der Waals surface area contributed by atoms with E-state index in [1.165, 1.54) is 0 Å². The molecule has 10 nitrogen and oxygen atoms in total. The second kappa shape index (κ2) is 6.67. The number of aromatic hydroxyl groups is 1. The van der Waals surface area contributed by atoms with Crippen LogP contribution in [0.2, 0.25) is 0 Å². The summed E-state index contributed by atoms with van der Waals surface area (Å²) in [5, 5.41) is 37.5. The third-order valence-electron chi connectivity index (χ3n) is 3.87. The highest BCUT2D eigenvalue weighted by Crippen LogP contribution is 2.36. The van der Waals surface area contributed by atoms with Crippen molar-refractivity contribution in [3.8, 4) is 5.75 Å². The number of hydrazone groups is 1. The van der Waals surface area contributed by atoms with Gasteiger partial charge in [-0.15, -0.1) is 0 Å². The zero-order valence-electron chi connectivity index (χ0n) is 13.9. The largest absolute Gasteiger partial charge is 0.502 e. The van der Waals surface area contributed by atoms with Crippen LogP contribution in [0.1, 0.15) is 12.5 Å². The van der Waals surface area contributed by atoms with Gasteiger partial charge in [0.25, 0.3) is 11.6 Å². The van der Waals surface area contributed by atoms with Gasteiger partial charge < -0.3 is 5.11 Å². The third kappa shape index (κ3) is 3.23. The standard InChI is InChI=1S/C17H12N4O6/c1-10-14(17(23)19(18-10)12-5-3-2-4-6-12)8-11-7-13(20(24)25)9-15(16(11)22)21(26)27/h2-9,22H,1H3/b14-8-. The first-order valence-corrected chi connectivity index (χ1v) is 7.62. The molecule has 0 bridgehead atoms. The summed E-state index contributed by atoms with van der Waals surface area (Å²) in [5.41, 5.74) is -0.744. The Kier molecular flexibility index (Phi) is 4.38. The number of hydrogen-bond acceptors (Lipinski definition) is 7. The molecule has 3 rings (SSSR count). The van der Waals surface area contributed by atoms with E-state index < -0.39 is 32.9 Å². The summed E-state index contributed by atoms with van der Waals surface area (Å²) in [4.78, 5) is 33.0. The zero-order valence-corrected chi connectivity index (χ0v) is 13.9. The van der Waals surface area contributed by atoms with E-state index in [9.17, 15) is 30.1 Å². The molecule has 0 aliphatic carbocycles. The van der Waals surface area contributed by atoms with Gasteiger partial charge in [0.2, 0.25) is 5.75 Å². The Balaban J connectivity index is 2.09. The summed E-state index contributed by atoms with van der Waals surface area (Å²) < 4.78 is 0. The Bertz CT molecular complexity index is 1030. The number of nitro groups is 2. The van der Waals surface area contributed by atoms with Crippen LogP contribution in [0.5, 0.6) is 5.75 Å². The van der Waals surface area contributed by atoms with E-state index in [1.54, 1.807) is 37.3 Å². The van der Waals surface area contributed by atoms with Gasteiger partial charge >= 0.3 is 5.69 Å². The van der Waals surface area contributed by atoms with Crippen LogP contribution in [0.15, 0.2) is 53.1 Å². The van der Waals surface area contributed by atoms with Gasteiger partial charge in [-0.3, -0.25) is 25.0 Å². The molecule has 2 aromatic rings. The molecule has 0 unspecified atom stereocenters. The number of rotatable bonds is 4. The van der Waals surface area contributed by atoms with Gasteiger partial charge in [0.05, 0.1) is 32.9 Å². The molecule has 0 atom stereocenters. The van der Waals surface area contributed by atoms with Crippen molar-refractivity contribution in [2.24, 2.45) is 5.10 Å². The van der Waals surface area contributed by atoms with Crippen molar-refractivity contribution in [1.82, 2.24) is 0 Å². The minimum Gasteiger partial charge on any atom is -0.502 e. The maximum Gasteiger partial charge on any atom is 0.318 e. The quantitative estimate of drug-likeness (QED) is 0.500. The van der Waals surface area contributed by atoms with Gasteiger partial charge in [-0.25, -0.2) is 0 Å². The molecule has 0 fully saturated rings. The molecule has 1 aliphatic heterocycles. The lowest BCUT2D eigenvalue weighted by atomic mass is 10.0. The van der Waals surface area contributed by atoms with Gasteiger partial charge in [-0.05, 0) is 25.1 Å². The molecule has 1 heterocycles. The topological polar surface area (TPSA) is 139 Å². The first-order valence-electron chi connectivity index (χ1n) is 7.62. The van der Waals surface area contributed by atoms with Gasteiger partial charge in [0.1, 0.15) is 0 Å². The molecule has 0 radical (unpaired) electrons. The number of anilines is 1. The fraction of sp³-hybridized carbons (Fsp3) is 0.0588. The summed E-state index contributed by atoms with van der Waals surface area (Å²) in [7, 11) is 0. The molecule has 136 valence electrons. The van der Waals surface area contributed by atoms with E-state index in [2.05, 4.69) is 5.10 Å². The Morgan fingerprint density at radius 1 is 1.11 bits per heavy atom. The Hall–Kier alpha value is -4.08. The maximum atomic E-state index is 12.7. The van der Waals surface area contributed by atoms with E-state index in [0.29, 0.717) is 17.5 Å². The zero-order chi connectivity index (χ0) is 19.7. The predicted octanol–water partition coefficient (Wildman–Crippen LogP) is 3.01. The normalized spacial score (nSPS) is 15.1. The number of para-hydroxylation sites is 1. The molecule has 1 N–H and O–H groups in total. The molecule has 0 spiro atoms. The maximum absolute atomic E-state index is 12.7. The van der Waals surface area contributed by atoms with Crippen LogP contribution < -0.4 is 5.01 Å². The lowest BCUT2D eigenvalue weighted by molar-refractivity contribution is -0.394. The molecule has 0 saturated heterocycles. The van der Waals surface area contributed by atoms with Crippen molar-refractivity contribution in [3.05, 3.63) is 73.8 Å². The highest BCUT2D eigenvalue weighted by molar-refractivity contribution is 6.32. The summed E-state index contributed by atoms with van der Waals surface area (Å²) >= 11 is 0. The van der Waals surface area contributed by atoms with Crippen molar-refractivity contribution < 1.29 is 19.7 Å². The van der Waals surface area contributed by atoms with Gasteiger partial charge in [-0.1, -0.05) is 18.2 Å². The van der Waals surface area contributed by atoms with Crippen LogP contribution in [-0.2, 0) is 4.79 Å². The van der Waals surface area contributed by atoms with Crippen molar-refractivity contribution in [1.29, 1.82) is 0 Å². The van der Waals surface area contributed by atoms with Crippen LogP contribution in [-0.4, -0.2) is 26.6 Å². The first-order chi connectivity index (χ1) is 12.8. The van der Waals surface area contributed by atoms with Crippen molar-refractivity contribution in [2.45, 2.75) is 6.92 Å². The summed E-state index contributed by atoms with van der Waals surface area (Å²) in [6.45, 7) is 1.55. The van der Waals surface area contributed by atoms with Gasteiger partial charge in [0, 0.05) is 11.6 Å². The number of non-ortho nitro benzene ring substituents is 1. The number of hydrogen-bond donors (Lipinski definition) is 1. The minimum absolute atomic E-state index is 0.0592. The summed E-state index contributed by atoms with van der Waals surface area (Å²) in [6, 6.07) is 10.2.